The molecule has 0 spiro atoms. The van der Waals surface area contributed by atoms with Crippen LogP contribution < -0.4 is 9.86 Å². The minimum atomic E-state index is -3.73. The first kappa shape index (κ1) is 11.1. The zero-order valence-corrected chi connectivity index (χ0v) is 9.75. The molecule has 0 bridgehead atoms. The standard InChI is InChI=1S/C9H9N3O2S2/c10-16(13,14)12-8-3-1-2-7(6-8)9-11-4-5-15-9/h1-6,12H,(H2,10,13,14). The van der Waals surface area contributed by atoms with E-state index in [-0.39, 0.29) is 0 Å². The molecule has 0 aliphatic rings. The maximum atomic E-state index is 10.9. The summed E-state index contributed by atoms with van der Waals surface area (Å²) in [6.07, 6.45) is 1.69. The Morgan fingerprint density at radius 1 is 1.38 bits per heavy atom. The number of aromatic nitrogens is 1. The molecule has 1 aromatic carbocycles. The van der Waals surface area contributed by atoms with E-state index < -0.39 is 10.2 Å². The van der Waals surface area contributed by atoms with Crippen molar-refractivity contribution in [1.29, 1.82) is 0 Å². The summed E-state index contributed by atoms with van der Waals surface area (Å²) in [5.74, 6) is 0. The largest absolute Gasteiger partial charge is 0.296 e. The van der Waals surface area contributed by atoms with Crippen molar-refractivity contribution in [3.05, 3.63) is 35.8 Å². The van der Waals surface area contributed by atoms with Crippen molar-refractivity contribution >= 4 is 27.2 Å². The second-order valence-electron chi connectivity index (χ2n) is 3.07. The zero-order valence-electron chi connectivity index (χ0n) is 8.12. The van der Waals surface area contributed by atoms with Gasteiger partial charge in [-0.1, -0.05) is 12.1 Å². The van der Waals surface area contributed by atoms with Crippen LogP contribution in [0, 0.1) is 0 Å². The quantitative estimate of drug-likeness (QED) is 0.870. The van der Waals surface area contributed by atoms with E-state index in [9.17, 15) is 8.42 Å². The minimum Gasteiger partial charge on any atom is -0.271 e. The number of nitrogens with two attached hydrogens (primary N) is 1. The van der Waals surface area contributed by atoms with Gasteiger partial charge in [-0.05, 0) is 12.1 Å². The van der Waals surface area contributed by atoms with Crippen molar-refractivity contribution in [1.82, 2.24) is 4.98 Å². The summed E-state index contributed by atoms with van der Waals surface area (Å²) >= 11 is 1.48. The fraction of sp³-hybridized carbons (Fsp3) is 0. The van der Waals surface area contributed by atoms with Gasteiger partial charge >= 0.3 is 0 Å². The van der Waals surface area contributed by atoms with E-state index >= 15 is 0 Å². The first-order valence-corrected chi connectivity index (χ1v) is 6.78. The fourth-order valence-corrected chi connectivity index (χ4v) is 2.34. The Kier molecular flexibility index (Phi) is 2.90. The highest BCUT2D eigenvalue weighted by molar-refractivity contribution is 7.90. The summed E-state index contributed by atoms with van der Waals surface area (Å²) in [4.78, 5) is 4.13. The van der Waals surface area contributed by atoms with Gasteiger partial charge in [-0.15, -0.1) is 11.3 Å². The summed E-state index contributed by atoms with van der Waals surface area (Å²) < 4.78 is 23.9. The van der Waals surface area contributed by atoms with Crippen molar-refractivity contribution < 1.29 is 8.42 Å². The number of rotatable bonds is 3. The Morgan fingerprint density at radius 3 is 2.81 bits per heavy atom. The van der Waals surface area contributed by atoms with Crippen LogP contribution in [0.4, 0.5) is 5.69 Å². The zero-order chi connectivity index (χ0) is 11.6. The molecule has 0 unspecified atom stereocenters. The van der Waals surface area contributed by atoms with Gasteiger partial charge in [0.25, 0.3) is 10.2 Å². The molecule has 2 aromatic rings. The lowest BCUT2D eigenvalue weighted by Gasteiger charge is -2.04. The Hall–Kier alpha value is -1.44. The maximum absolute atomic E-state index is 10.9. The van der Waals surface area contributed by atoms with E-state index in [4.69, 9.17) is 5.14 Å². The first-order chi connectivity index (χ1) is 7.54. The van der Waals surface area contributed by atoms with Crippen LogP contribution in [0.15, 0.2) is 35.8 Å². The van der Waals surface area contributed by atoms with Gasteiger partial charge in [0.1, 0.15) is 5.01 Å². The lowest BCUT2D eigenvalue weighted by Crippen LogP contribution is -2.21. The number of nitrogens with one attached hydrogen (secondary N) is 1. The predicted molar refractivity (Wildman–Crippen MR) is 64.3 cm³/mol. The molecule has 0 aliphatic carbocycles. The van der Waals surface area contributed by atoms with E-state index in [2.05, 4.69) is 9.71 Å². The summed E-state index contributed by atoms with van der Waals surface area (Å²) in [6.45, 7) is 0. The molecule has 0 atom stereocenters. The molecular formula is C9H9N3O2S2. The minimum absolute atomic E-state index is 0.426. The van der Waals surface area contributed by atoms with Crippen LogP contribution in [-0.2, 0) is 10.2 Å². The van der Waals surface area contributed by atoms with E-state index in [0.29, 0.717) is 5.69 Å². The smallest absolute Gasteiger partial charge is 0.271 e. The van der Waals surface area contributed by atoms with Gasteiger partial charge in [0.05, 0.1) is 5.69 Å². The average Bonchev–Trinajstić information content (AvgIpc) is 2.68. The molecule has 1 aromatic heterocycles. The molecule has 7 heteroatoms. The van der Waals surface area contributed by atoms with Gasteiger partial charge in [0.15, 0.2) is 0 Å². The van der Waals surface area contributed by atoms with Crippen LogP contribution in [0.2, 0.25) is 0 Å². The molecule has 1 heterocycles. The lowest BCUT2D eigenvalue weighted by atomic mass is 10.2. The third kappa shape index (κ3) is 2.78. The Morgan fingerprint density at radius 2 is 2.19 bits per heavy atom. The van der Waals surface area contributed by atoms with E-state index in [1.807, 2.05) is 11.4 Å². The van der Waals surface area contributed by atoms with Crippen LogP contribution in [0.3, 0.4) is 0 Å². The van der Waals surface area contributed by atoms with Crippen molar-refractivity contribution in [2.75, 3.05) is 4.72 Å². The second-order valence-corrected chi connectivity index (χ2v) is 5.25. The fourth-order valence-electron chi connectivity index (χ4n) is 1.25. The Balaban J connectivity index is 2.34. The van der Waals surface area contributed by atoms with Crippen LogP contribution in [0.1, 0.15) is 0 Å². The SMILES string of the molecule is NS(=O)(=O)Nc1cccc(-c2nccs2)c1. The van der Waals surface area contributed by atoms with E-state index in [1.165, 1.54) is 11.3 Å². The monoisotopic (exact) mass is 255 g/mol. The highest BCUT2D eigenvalue weighted by Crippen LogP contribution is 2.24. The van der Waals surface area contributed by atoms with Gasteiger partial charge in [-0.3, -0.25) is 4.72 Å². The molecular weight excluding hydrogens is 246 g/mol. The Labute approximate surface area is 97.1 Å². The van der Waals surface area contributed by atoms with E-state index in [0.717, 1.165) is 10.6 Å². The van der Waals surface area contributed by atoms with Crippen molar-refractivity contribution in [2.24, 2.45) is 5.14 Å². The Bertz CT molecular complexity index is 579. The highest BCUT2D eigenvalue weighted by Gasteiger charge is 2.05. The summed E-state index contributed by atoms with van der Waals surface area (Å²) in [5.41, 5.74) is 1.28. The van der Waals surface area contributed by atoms with Crippen LogP contribution in [0.5, 0.6) is 0 Å². The normalized spacial score (nSPS) is 11.3. The van der Waals surface area contributed by atoms with Crippen molar-refractivity contribution in [2.45, 2.75) is 0 Å². The molecule has 3 N–H and O–H groups in total. The van der Waals surface area contributed by atoms with Crippen molar-refractivity contribution in [3.63, 3.8) is 0 Å². The third-order valence-corrected chi connectivity index (χ3v) is 3.14. The third-order valence-electron chi connectivity index (χ3n) is 1.80. The molecule has 16 heavy (non-hydrogen) atoms. The van der Waals surface area contributed by atoms with Crippen molar-refractivity contribution in [3.8, 4) is 10.6 Å². The first-order valence-electron chi connectivity index (χ1n) is 4.35. The number of hydrogen-bond acceptors (Lipinski definition) is 4. The molecule has 0 saturated heterocycles. The number of hydrogen-bond donors (Lipinski definition) is 2. The summed E-state index contributed by atoms with van der Waals surface area (Å²) in [5, 5.41) is 7.57. The van der Waals surface area contributed by atoms with Gasteiger partial charge in [-0.2, -0.15) is 8.42 Å². The van der Waals surface area contributed by atoms with Crippen LogP contribution >= 0.6 is 11.3 Å². The average molecular weight is 255 g/mol. The van der Waals surface area contributed by atoms with E-state index in [1.54, 1.807) is 24.4 Å². The molecule has 0 aliphatic heterocycles. The predicted octanol–water partition coefficient (Wildman–Crippen LogP) is 1.43. The highest BCUT2D eigenvalue weighted by atomic mass is 32.2. The molecule has 0 fully saturated rings. The van der Waals surface area contributed by atoms with Gasteiger partial charge in [0.2, 0.25) is 0 Å². The maximum Gasteiger partial charge on any atom is 0.296 e. The second kappa shape index (κ2) is 4.20. The number of benzene rings is 1. The topological polar surface area (TPSA) is 85.1 Å². The van der Waals surface area contributed by atoms with Gasteiger partial charge < -0.3 is 0 Å². The van der Waals surface area contributed by atoms with Gasteiger partial charge in [-0.25, -0.2) is 10.1 Å². The van der Waals surface area contributed by atoms with Gasteiger partial charge in [0, 0.05) is 17.1 Å². The molecule has 2 rings (SSSR count). The molecule has 0 saturated carbocycles. The molecule has 0 radical (unpaired) electrons. The summed E-state index contributed by atoms with van der Waals surface area (Å²) in [6, 6.07) is 6.90. The number of nitrogens with zero attached hydrogens (tertiary/aromatic N) is 1. The molecule has 0 amide bonds. The number of anilines is 1. The molecule has 5 nitrogen and oxygen atoms in total. The lowest BCUT2D eigenvalue weighted by molar-refractivity contribution is 0.603. The van der Waals surface area contributed by atoms with Crippen LogP contribution in [-0.4, -0.2) is 13.4 Å². The van der Waals surface area contributed by atoms with Crippen LogP contribution in [0.25, 0.3) is 10.6 Å². The number of thiazole rings is 1. The summed E-state index contributed by atoms with van der Waals surface area (Å²) in [7, 11) is -3.73. The molecule has 84 valence electrons.